The molecule has 0 aliphatic rings. The van der Waals surface area contributed by atoms with Gasteiger partial charge in [0, 0.05) is 17.3 Å². The molecule has 0 aromatic heterocycles. The first kappa shape index (κ1) is 18.1. The number of nitrogens with zero attached hydrogens (tertiary/aromatic N) is 1. The number of esters is 1. The zero-order valence-electron chi connectivity index (χ0n) is 13.9. The molecule has 0 aliphatic carbocycles. The molecule has 0 atom stereocenters. The minimum atomic E-state index is -0.519. The third-order valence-corrected chi connectivity index (χ3v) is 3.64. The van der Waals surface area contributed by atoms with Crippen LogP contribution in [0.25, 0.3) is 0 Å². The summed E-state index contributed by atoms with van der Waals surface area (Å²) in [5, 5.41) is 13.7. The number of nitro benzene ring substituents is 1. The summed E-state index contributed by atoms with van der Waals surface area (Å²) >= 11 is 0. The van der Waals surface area contributed by atoms with E-state index in [4.69, 9.17) is 4.74 Å². The number of nitro groups is 1. The fourth-order valence-corrected chi connectivity index (χ4v) is 2.41. The number of rotatable bonds is 6. The van der Waals surface area contributed by atoms with Crippen molar-refractivity contribution in [2.45, 2.75) is 20.3 Å². The van der Waals surface area contributed by atoms with Crippen molar-refractivity contribution in [1.29, 1.82) is 0 Å². The van der Waals surface area contributed by atoms with Gasteiger partial charge in [-0.2, -0.15) is 0 Å². The molecule has 2 rings (SSSR count). The SMILES string of the molecule is CCOC(=O)c1cccc(NC(=O)Cc2ccccc2[N+](=O)[O-])c1C. The molecule has 0 spiro atoms. The number of nitrogens with one attached hydrogen (secondary N) is 1. The summed E-state index contributed by atoms with van der Waals surface area (Å²) in [4.78, 5) is 34.7. The first-order chi connectivity index (χ1) is 11.9. The van der Waals surface area contributed by atoms with Gasteiger partial charge >= 0.3 is 5.97 Å². The average molecular weight is 342 g/mol. The third kappa shape index (κ3) is 4.41. The van der Waals surface area contributed by atoms with Crippen LogP contribution in [0.2, 0.25) is 0 Å². The average Bonchev–Trinajstić information content (AvgIpc) is 2.57. The van der Waals surface area contributed by atoms with Crippen LogP contribution in [0.1, 0.15) is 28.4 Å². The summed E-state index contributed by atoms with van der Waals surface area (Å²) in [6, 6.07) is 11.0. The van der Waals surface area contributed by atoms with Gasteiger partial charge in [0.05, 0.1) is 23.5 Å². The van der Waals surface area contributed by atoms with Crippen molar-refractivity contribution >= 4 is 23.3 Å². The molecule has 0 bridgehead atoms. The Morgan fingerprint density at radius 1 is 1.16 bits per heavy atom. The molecule has 0 saturated carbocycles. The molecular formula is C18H18N2O5. The molecule has 130 valence electrons. The van der Waals surface area contributed by atoms with Crippen molar-refractivity contribution in [3.8, 4) is 0 Å². The molecule has 7 nitrogen and oxygen atoms in total. The summed E-state index contributed by atoms with van der Waals surface area (Å²) in [7, 11) is 0. The van der Waals surface area contributed by atoms with Crippen LogP contribution in [0.5, 0.6) is 0 Å². The smallest absolute Gasteiger partial charge is 0.338 e. The van der Waals surface area contributed by atoms with Gasteiger partial charge in [0.25, 0.3) is 5.69 Å². The van der Waals surface area contributed by atoms with Crippen LogP contribution in [-0.4, -0.2) is 23.4 Å². The Labute approximate surface area is 144 Å². The van der Waals surface area contributed by atoms with E-state index in [0.29, 0.717) is 22.4 Å². The van der Waals surface area contributed by atoms with Crippen molar-refractivity contribution in [3.63, 3.8) is 0 Å². The maximum atomic E-state index is 12.3. The lowest BCUT2D eigenvalue weighted by Crippen LogP contribution is -2.17. The minimum absolute atomic E-state index is 0.102. The molecule has 1 amide bonds. The van der Waals surface area contributed by atoms with Crippen molar-refractivity contribution in [1.82, 2.24) is 0 Å². The second-order valence-corrected chi connectivity index (χ2v) is 5.31. The molecule has 0 saturated heterocycles. The van der Waals surface area contributed by atoms with Gasteiger partial charge in [-0.05, 0) is 31.5 Å². The van der Waals surface area contributed by atoms with E-state index in [1.807, 2.05) is 0 Å². The lowest BCUT2D eigenvalue weighted by atomic mass is 10.1. The van der Waals surface area contributed by atoms with Crippen molar-refractivity contribution in [3.05, 3.63) is 69.3 Å². The number of para-hydroxylation sites is 1. The minimum Gasteiger partial charge on any atom is -0.462 e. The molecule has 2 aromatic carbocycles. The molecule has 2 aromatic rings. The lowest BCUT2D eigenvalue weighted by Gasteiger charge is -2.12. The first-order valence-corrected chi connectivity index (χ1v) is 7.73. The summed E-state index contributed by atoms with van der Waals surface area (Å²) in [5.74, 6) is -0.867. The number of hydrogen-bond acceptors (Lipinski definition) is 5. The van der Waals surface area contributed by atoms with Crippen LogP contribution < -0.4 is 5.32 Å². The number of hydrogen-bond donors (Lipinski definition) is 1. The summed E-state index contributed by atoms with van der Waals surface area (Å²) in [6.45, 7) is 3.67. The van der Waals surface area contributed by atoms with Crippen LogP contribution in [-0.2, 0) is 16.0 Å². The highest BCUT2D eigenvalue weighted by Crippen LogP contribution is 2.22. The summed E-state index contributed by atoms with van der Waals surface area (Å²) < 4.78 is 4.98. The number of amides is 1. The van der Waals surface area contributed by atoms with Gasteiger partial charge < -0.3 is 10.1 Å². The molecule has 7 heteroatoms. The monoisotopic (exact) mass is 342 g/mol. The Bertz CT molecular complexity index is 817. The highest BCUT2D eigenvalue weighted by atomic mass is 16.6. The Balaban J connectivity index is 2.18. The van der Waals surface area contributed by atoms with Gasteiger partial charge in [0.2, 0.25) is 5.91 Å². The number of benzene rings is 2. The van der Waals surface area contributed by atoms with Crippen molar-refractivity contribution in [2.24, 2.45) is 0 Å². The van der Waals surface area contributed by atoms with E-state index in [9.17, 15) is 19.7 Å². The second kappa shape index (κ2) is 8.05. The van der Waals surface area contributed by atoms with E-state index in [2.05, 4.69) is 5.32 Å². The van der Waals surface area contributed by atoms with Gasteiger partial charge in [-0.3, -0.25) is 14.9 Å². The van der Waals surface area contributed by atoms with Gasteiger partial charge in [0.15, 0.2) is 0 Å². The largest absolute Gasteiger partial charge is 0.462 e. The molecule has 0 aliphatic heterocycles. The fourth-order valence-electron chi connectivity index (χ4n) is 2.41. The first-order valence-electron chi connectivity index (χ1n) is 7.73. The molecular weight excluding hydrogens is 324 g/mol. The van der Waals surface area contributed by atoms with Crippen molar-refractivity contribution < 1.29 is 19.2 Å². The molecule has 1 N–H and O–H groups in total. The Morgan fingerprint density at radius 2 is 1.88 bits per heavy atom. The second-order valence-electron chi connectivity index (χ2n) is 5.31. The summed E-state index contributed by atoms with van der Waals surface area (Å²) in [6.07, 6.45) is -0.139. The van der Waals surface area contributed by atoms with Crippen molar-refractivity contribution in [2.75, 3.05) is 11.9 Å². The highest BCUT2D eigenvalue weighted by Gasteiger charge is 2.17. The molecule has 0 radical (unpaired) electrons. The van der Waals surface area contributed by atoms with Gasteiger partial charge in [-0.1, -0.05) is 24.3 Å². The van der Waals surface area contributed by atoms with Crippen LogP contribution in [0.3, 0.4) is 0 Å². The maximum Gasteiger partial charge on any atom is 0.338 e. The quantitative estimate of drug-likeness (QED) is 0.493. The zero-order chi connectivity index (χ0) is 18.4. The van der Waals surface area contributed by atoms with E-state index in [1.54, 1.807) is 50.2 Å². The molecule has 0 fully saturated rings. The summed E-state index contributed by atoms with van der Waals surface area (Å²) in [5.41, 5.74) is 1.63. The number of carbonyl (C=O) groups is 2. The number of ether oxygens (including phenoxy) is 1. The Hall–Kier alpha value is -3.22. The number of anilines is 1. The van der Waals surface area contributed by atoms with Crippen LogP contribution in [0.15, 0.2) is 42.5 Å². The van der Waals surface area contributed by atoms with Crippen LogP contribution >= 0.6 is 0 Å². The highest BCUT2D eigenvalue weighted by molar-refractivity contribution is 5.97. The predicted octanol–water partition coefficient (Wildman–Crippen LogP) is 3.26. The number of carbonyl (C=O) groups excluding carboxylic acids is 2. The van der Waals surface area contributed by atoms with E-state index in [1.165, 1.54) is 6.07 Å². The molecule has 0 heterocycles. The van der Waals surface area contributed by atoms with Crippen LogP contribution in [0, 0.1) is 17.0 Å². The predicted molar refractivity (Wildman–Crippen MR) is 92.6 cm³/mol. The van der Waals surface area contributed by atoms with E-state index in [0.717, 1.165) is 0 Å². The maximum absolute atomic E-state index is 12.3. The topological polar surface area (TPSA) is 98.5 Å². The van der Waals surface area contributed by atoms with E-state index >= 15 is 0 Å². The fraction of sp³-hybridized carbons (Fsp3) is 0.222. The zero-order valence-corrected chi connectivity index (χ0v) is 13.9. The molecule has 0 unspecified atom stereocenters. The van der Waals surface area contributed by atoms with E-state index < -0.39 is 16.8 Å². The molecule has 25 heavy (non-hydrogen) atoms. The van der Waals surface area contributed by atoms with E-state index in [-0.39, 0.29) is 18.7 Å². The standard InChI is InChI=1S/C18H18N2O5/c1-3-25-18(22)14-8-6-9-15(12(14)2)19-17(21)11-13-7-4-5-10-16(13)20(23)24/h4-10H,3,11H2,1-2H3,(H,19,21). The van der Waals surface area contributed by atoms with Gasteiger partial charge in [0.1, 0.15) is 0 Å². The van der Waals surface area contributed by atoms with Crippen LogP contribution in [0.4, 0.5) is 11.4 Å². The third-order valence-electron chi connectivity index (χ3n) is 3.64. The Kier molecular flexibility index (Phi) is 5.84. The Morgan fingerprint density at radius 3 is 2.56 bits per heavy atom. The normalized spacial score (nSPS) is 10.2. The van der Waals surface area contributed by atoms with Gasteiger partial charge in [-0.15, -0.1) is 0 Å². The lowest BCUT2D eigenvalue weighted by molar-refractivity contribution is -0.385. The van der Waals surface area contributed by atoms with Gasteiger partial charge in [-0.25, -0.2) is 4.79 Å².